The van der Waals surface area contributed by atoms with Crippen LogP contribution in [-0.2, 0) is 4.57 Å². The minimum absolute atomic E-state index is 0.125. The van der Waals surface area contributed by atoms with Crippen molar-refractivity contribution in [3.8, 4) is 11.5 Å². The van der Waals surface area contributed by atoms with E-state index < -0.39 is 7.14 Å². The molecule has 0 bridgehead atoms. The number of fused-ring (bicyclic) bond motifs is 1. The van der Waals surface area contributed by atoms with Gasteiger partial charge in [-0.1, -0.05) is 72.3 Å². The van der Waals surface area contributed by atoms with Gasteiger partial charge in [-0.05, 0) is 18.6 Å². The van der Waals surface area contributed by atoms with Crippen LogP contribution < -0.4 is 25.4 Å². The van der Waals surface area contributed by atoms with E-state index in [0.717, 1.165) is 16.2 Å². The average molecular weight is 371 g/mol. The summed E-state index contributed by atoms with van der Waals surface area (Å²) in [6.45, 7) is 2.04. The highest BCUT2D eigenvalue weighted by atomic mass is 35.5. The molecular formula is C20H16ClO3P. The Morgan fingerprint density at radius 2 is 1.40 bits per heavy atom. The zero-order valence-corrected chi connectivity index (χ0v) is 15.3. The van der Waals surface area contributed by atoms with Gasteiger partial charge in [0.05, 0.1) is 5.02 Å². The minimum atomic E-state index is -3.14. The Balaban J connectivity index is 2.04. The highest BCUT2D eigenvalue weighted by molar-refractivity contribution is 7.85. The Bertz CT molecular complexity index is 928. The lowest BCUT2D eigenvalue weighted by atomic mass is 10.2. The highest BCUT2D eigenvalue weighted by Crippen LogP contribution is 2.50. The van der Waals surface area contributed by atoms with E-state index in [1.165, 1.54) is 0 Å². The maximum absolute atomic E-state index is 14.4. The number of halogens is 1. The Morgan fingerprint density at radius 3 is 1.96 bits per heavy atom. The number of ether oxygens (including phenoxy) is 2. The van der Waals surface area contributed by atoms with Crippen molar-refractivity contribution < 1.29 is 14.0 Å². The molecule has 5 heteroatoms. The first kappa shape index (κ1) is 16.3. The third-order valence-corrected chi connectivity index (χ3v) is 7.92. The molecule has 0 spiro atoms. The maximum atomic E-state index is 14.4. The monoisotopic (exact) mass is 370 g/mol. The summed E-state index contributed by atoms with van der Waals surface area (Å²) in [5.41, 5.74) is 0.860. The van der Waals surface area contributed by atoms with Crippen LogP contribution in [0.5, 0.6) is 11.5 Å². The molecule has 0 amide bonds. The van der Waals surface area contributed by atoms with Crippen LogP contribution in [0.4, 0.5) is 0 Å². The van der Waals surface area contributed by atoms with E-state index in [-0.39, 0.29) is 6.79 Å². The van der Waals surface area contributed by atoms with Gasteiger partial charge >= 0.3 is 0 Å². The number of hydrogen-bond donors (Lipinski definition) is 0. The molecule has 0 N–H and O–H groups in total. The molecule has 1 heterocycles. The van der Waals surface area contributed by atoms with E-state index in [0.29, 0.717) is 21.8 Å². The lowest BCUT2D eigenvalue weighted by Crippen LogP contribution is -2.26. The molecule has 3 aromatic rings. The molecule has 0 aromatic heterocycles. The van der Waals surface area contributed by atoms with Crippen LogP contribution >= 0.6 is 18.7 Å². The van der Waals surface area contributed by atoms with Gasteiger partial charge in [0.1, 0.15) is 0 Å². The highest BCUT2D eigenvalue weighted by Gasteiger charge is 2.35. The summed E-state index contributed by atoms with van der Waals surface area (Å²) < 4.78 is 25.4. The summed E-state index contributed by atoms with van der Waals surface area (Å²) >= 11 is 6.63. The molecule has 0 radical (unpaired) electrons. The van der Waals surface area contributed by atoms with Crippen molar-refractivity contribution in [2.45, 2.75) is 6.92 Å². The first-order valence-electron chi connectivity index (χ1n) is 7.93. The Hall–Kier alpha value is -2.22. The molecule has 126 valence electrons. The first-order valence-corrected chi connectivity index (χ1v) is 10.0. The molecule has 1 aliphatic heterocycles. The summed E-state index contributed by atoms with van der Waals surface area (Å²) in [6, 6.07) is 20.7. The lowest BCUT2D eigenvalue weighted by Gasteiger charge is -2.22. The molecule has 3 nitrogen and oxygen atoms in total. The quantitative estimate of drug-likeness (QED) is 0.653. The summed E-state index contributed by atoms with van der Waals surface area (Å²) in [5.74, 6) is 1.10. The van der Waals surface area contributed by atoms with Crippen LogP contribution in [0.25, 0.3) is 0 Å². The van der Waals surface area contributed by atoms with E-state index in [9.17, 15) is 4.57 Å². The van der Waals surface area contributed by atoms with Crippen molar-refractivity contribution in [1.82, 2.24) is 0 Å². The van der Waals surface area contributed by atoms with E-state index in [4.69, 9.17) is 21.1 Å². The normalized spacial score (nSPS) is 13.0. The van der Waals surface area contributed by atoms with Crippen LogP contribution in [-0.4, -0.2) is 6.79 Å². The number of aryl methyl sites for hydroxylation is 1. The zero-order chi connectivity index (χ0) is 17.4. The van der Waals surface area contributed by atoms with Gasteiger partial charge in [0.15, 0.2) is 18.6 Å². The lowest BCUT2D eigenvalue weighted by molar-refractivity contribution is 0.173. The van der Waals surface area contributed by atoms with Crippen LogP contribution in [0.2, 0.25) is 5.02 Å². The molecule has 3 aromatic carbocycles. The smallest absolute Gasteiger partial charge is 0.231 e. The summed E-state index contributed by atoms with van der Waals surface area (Å²) in [5, 5.41) is 2.41. The second-order valence-electron chi connectivity index (χ2n) is 5.87. The molecule has 1 aliphatic rings. The van der Waals surface area contributed by atoms with Gasteiger partial charge in [-0.3, -0.25) is 0 Å². The Labute approximate surface area is 151 Å². The third kappa shape index (κ3) is 2.55. The van der Waals surface area contributed by atoms with Crippen molar-refractivity contribution in [1.29, 1.82) is 0 Å². The fourth-order valence-electron chi connectivity index (χ4n) is 3.12. The molecular weight excluding hydrogens is 355 g/mol. The van der Waals surface area contributed by atoms with E-state index in [1.54, 1.807) is 0 Å². The molecule has 0 saturated carbocycles. The molecule has 0 aliphatic carbocycles. The Morgan fingerprint density at radius 1 is 0.880 bits per heavy atom. The fraction of sp³-hybridized carbons (Fsp3) is 0.100. The molecule has 0 saturated heterocycles. The SMILES string of the molecule is Cc1cc(P(=O)(c2ccccc2)c2ccccc2)c(Cl)c2c1OCO2. The van der Waals surface area contributed by atoms with Crippen LogP contribution in [0.3, 0.4) is 0 Å². The molecule has 4 rings (SSSR count). The Kier molecular flexibility index (Phi) is 4.07. The largest absolute Gasteiger partial charge is 0.453 e. The zero-order valence-electron chi connectivity index (χ0n) is 13.6. The van der Waals surface area contributed by atoms with Crippen molar-refractivity contribution >= 4 is 34.7 Å². The number of rotatable bonds is 3. The van der Waals surface area contributed by atoms with Gasteiger partial charge in [-0.2, -0.15) is 0 Å². The molecule has 0 atom stereocenters. The fourth-order valence-corrected chi connectivity index (χ4v) is 6.46. The average Bonchev–Trinajstić information content (AvgIpc) is 3.16. The van der Waals surface area contributed by atoms with E-state index in [1.807, 2.05) is 73.7 Å². The van der Waals surface area contributed by atoms with Gasteiger partial charge in [0.25, 0.3) is 0 Å². The molecule has 0 fully saturated rings. The van der Waals surface area contributed by atoms with Crippen LogP contribution in [0, 0.1) is 6.92 Å². The topological polar surface area (TPSA) is 35.5 Å². The van der Waals surface area contributed by atoms with E-state index >= 15 is 0 Å². The standard InChI is InChI=1S/C20H16ClO3P/c1-14-12-17(18(21)20-19(14)23-13-24-20)25(22,15-8-4-2-5-9-15)16-10-6-3-7-11-16/h2-12H,13H2,1H3. The minimum Gasteiger partial charge on any atom is -0.453 e. The molecule has 0 unspecified atom stereocenters. The van der Waals surface area contributed by atoms with Crippen molar-refractivity contribution in [2.75, 3.05) is 6.79 Å². The maximum Gasteiger partial charge on any atom is 0.231 e. The van der Waals surface area contributed by atoms with E-state index in [2.05, 4.69) is 0 Å². The van der Waals surface area contributed by atoms with Gasteiger partial charge in [-0.15, -0.1) is 0 Å². The number of hydrogen-bond acceptors (Lipinski definition) is 3. The van der Waals surface area contributed by atoms with Crippen molar-refractivity contribution in [2.24, 2.45) is 0 Å². The summed E-state index contributed by atoms with van der Waals surface area (Å²) in [7, 11) is -3.14. The molecule has 25 heavy (non-hydrogen) atoms. The van der Waals surface area contributed by atoms with Gasteiger partial charge in [0.2, 0.25) is 6.79 Å². The number of benzene rings is 3. The second-order valence-corrected chi connectivity index (χ2v) is 8.98. The second kappa shape index (κ2) is 6.25. The summed E-state index contributed by atoms with van der Waals surface area (Å²) in [6.07, 6.45) is 0. The van der Waals surface area contributed by atoms with Crippen LogP contribution in [0.1, 0.15) is 5.56 Å². The van der Waals surface area contributed by atoms with Gasteiger partial charge in [0, 0.05) is 15.9 Å². The van der Waals surface area contributed by atoms with Crippen molar-refractivity contribution in [3.63, 3.8) is 0 Å². The van der Waals surface area contributed by atoms with Gasteiger partial charge in [-0.25, -0.2) is 0 Å². The third-order valence-electron chi connectivity index (χ3n) is 4.33. The predicted octanol–water partition coefficient (Wildman–Crippen LogP) is 4.02. The van der Waals surface area contributed by atoms with Gasteiger partial charge < -0.3 is 14.0 Å². The first-order chi connectivity index (χ1) is 12.1. The van der Waals surface area contributed by atoms with Crippen LogP contribution in [0.15, 0.2) is 66.7 Å². The predicted molar refractivity (Wildman–Crippen MR) is 102 cm³/mol. The summed E-state index contributed by atoms with van der Waals surface area (Å²) in [4.78, 5) is 0. The van der Waals surface area contributed by atoms with Crippen molar-refractivity contribution in [3.05, 3.63) is 77.3 Å².